The van der Waals surface area contributed by atoms with Gasteiger partial charge in [0.2, 0.25) is 0 Å². The zero-order chi connectivity index (χ0) is 15.7. The normalized spacial score (nSPS) is 10.7. The number of methoxy groups -OCH3 is 1. The van der Waals surface area contributed by atoms with Gasteiger partial charge in [0.05, 0.1) is 18.3 Å². The van der Waals surface area contributed by atoms with Crippen LogP contribution in [0.25, 0.3) is 10.9 Å². The van der Waals surface area contributed by atoms with Crippen LogP contribution in [-0.2, 0) is 0 Å². The number of hydrogen-bond acceptors (Lipinski definition) is 5. The molecule has 0 aliphatic heterocycles. The lowest BCUT2D eigenvalue weighted by Crippen LogP contribution is -2.01. The fourth-order valence-corrected chi connectivity index (χ4v) is 2.16. The van der Waals surface area contributed by atoms with Crippen molar-refractivity contribution in [2.45, 2.75) is 0 Å². The molecule has 0 bridgehead atoms. The molecule has 0 aliphatic rings. The van der Waals surface area contributed by atoms with Gasteiger partial charge in [0.25, 0.3) is 0 Å². The van der Waals surface area contributed by atoms with Crippen molar-refractivity contribution in [2.24, 2.45) is 0 Å². The first-order valence-corrected chi connectivity index (χ1v) is 6.71. The molecule has 3 rings (SSSR count). The van der Waals surface area contributed by atoms with Gasteiger partial charge in [-0.3, -0.25) is 0 Å². The standard InChI is InChI=1S/C15H11ClFN3O2/c1-22-15-19-13-7-9(21)3-4-10(13)14(20-15)18-12-5-2-8(16)6-11(12)17/h2-7,21H,1H3,(H,18,19,20). The van der Waals surface area contributed by atoms with E-state index >= 15 is 0 Å². The third-order valence-corrected chi connectivity index (χ3v) is 3.26. The Bertz CT molecular complexity index is 858. The number of aromatic nitrogens is 2. The van der Waals surface area contributed by atoms with E-state index in [1.165, 1.54) is 31.4 Å². The molecular weight excluding hydrogens is 309 g/mol. The van der Waals surface area contributed by atoms with E-state index in [4.69, 9.17) is 16.3 Å². The zero-order valence-corrected chi connectivity index (χ0v) is 12.2. The lowest BCUT2D eigenvalue weighted by Gasteiger charge is -2.11. The van der Waals surface area contributed by atoms with Crippen LogP contribution in [0.1, 0.15) is 0 Å². The number of anilines is 2. The van der Waals surface area contributed by atoms with E-state index in [2.05, 4.69) is 15.3 Å². The van der Waals surface area contributed by atoms with Gasteiger partial charge >= 0.3 is 6.01 Å². The molecular formula is C15H11ClFN3O2. The topological polar surface area (TPSA) is 67.3 Å². The highest BCUT2D eigenvalue weighted by Gasteiger charge is 2.11. The van der Waals surface area contributed by atoms with Gasteiger partial charge in [0, 0.05) is 16.5 Å². The van der Waals surface area contributed by atoms with Crippen LogP contribution in [0.3, 0.4) is 0 Å². The summed E-state index contributed by atoms with van der Waals surface area (Å²) >= 11 is 5.74. The van der Waals surface area contributed by atoms with Crippen LogP contribution >= 0.6 is 11.6 Å². The summed E-state index contributed by atoms with van der Waals surface area (Å²) in [6, 6.07) is 9.01. The van der Waals surface area contributed by atoms with Crippen molar-refractivity contribution in [3.8, 4) is 11.8 Å². The number of nitrogens with zero attached hydrogens (tertiary/aromatic N) is 2. The van der Waals surface area contributed by atoms with Crippen LogP contribution in [0.15, 0.2) is 36.4 Å². The predicted octanol–water partition coefficient (Wildman–Crippen LogP) is 3.88. The molecule has 0 atom stereocenters. The van der Waals surface area contributed by atoms with Crippen molar-refractivity contribution in [2.75, 3.05) is 12.4 Å². The summed E-state index contributed by atoms with van der Waals surface area (Å²) in [4.78, 5) is 8.33. The number of phenols is 1. The summed E-state index contributed by atoms with van der Waals surface area (Å²) in [6.45, 7) is 0. The van der Waals surface area contributed by atoms with E-state index in [1.807, 2.05) is 0 Å². The largest absolute Gasteiger partial charge is 0.508 e. The lowest BCUT2D eigenvalue weighted by atomic mass is 10.2. The van der Waals surface area contributed by atoms with Crippen molar-refractivity contribution in [1.82, 2.24) is 9.97 Å². The Morgan fingerprint density at radius 2 is 2.00 bits per heavy atom. The average Bonchev–Trinajstić information content (AvgIpc) is 2.49. The van der Waals surface area contributed by atoms with E-state index in [9.17, 15) is 9.50 Å². The summed E-state index contributed by atoms with van der Waals surface area (Å²) < 4.78 is 19.0. The van der Waals surface area contributed by atoms with Gasteiger partial charge in [0.15, 0.2) is 0 Å². The van der Waals surface area contributed by atoms with Crippen molar-refractivity contribution < 1.29 is 14.2 Å². The van der Waals surface area contributed by atoms with E-state index < -0.39 is 5.82 Å². The highest BCUT2D eigenvalue weighted by Crippen LogP contribution is 2.29. The monoisotopic (exact) mass is 319 g/mol. The van der Waals surface area contributed by atoms with Crippen LogP contribution in [-0.4, -0.2) is 22.2 Å². The summed E-state index contributed by atoms with van der Waals surface area (Å²) in [6.07, 6.45) is 0. The maximum atomic E-state index is 13.9. The molecule has 2 N–H and O–H groups in total. The van der Waals surface area contributed by atoms with Crippen molar-refractivity contribution in [1.29, 1.82) is 0 Å². The van der Waals surface area contributed by atoms with E-state index in [0.29, 0.717) is 21.7 Å². The molecule has 0 radical (unpaired) electrons. The second kappa shape index (κ2) is 5.65. The van der Waals surface area contributed by atoms with Gasteiger partial charge in [-0.05, 0) is 30.3 Å². The number of fused-ring (bicyclic) bond motifs is 1. The first-order valence-electron chi connectivity index (χ1n) is 6.33. The smallest absolute Gasteiger partial charge is 0.318 e. The van der Waals surface area contributed by atoms with E-state index in [-0.39, 0.29) is 17.4 Å². The van der Waals surface area contributed by atoms with E-state index in [0.717, 1.165) is 0 Å². The number of nitrogens with one attached hydrogen (secondary N) is 1. The van der Waals surface area contributed by atoms with Crippen LogP contribution in [0.4, 0.5) is 15.9 Å². The lowest BCUT2D eigenvalue weighted by molar-refractivity contribution is 0.382. The number of aromatic hydroxyl groups is 1. The summed E-state index contributed by atoms with van der Waals surface area (Å²) in [5.74, 6) is -0.0723. The average molecular weight is 320 g/mol. The maximum Gasteiger partial charge on any atom is 0.318 e. The number of hydrogen-bond donors (Lipinski definition) is 2. The van der Waals surface area contributed by atoms with Gasteiger partial charge in [-0.15, -0.1) is 0 Å². The van der Waals surface area contributed by atoms with Crippen LogP contribution in [0.5, 0.6) is 11.8 Å². The first-order chi connectivity index (χ1) is 10.6. The Labute approximate surface area is 130 Å². The highest BCUT2D eigenvalue weighted by molar-refractivity contribution is 6.30. The van der Waals surface area contributed by atoms with Gasteiger partial charge in [-0.25, -0.2) is 4.39 Å². The molecule has 0 unspecified atom stereocenters. The zero-order valence-electron chi connectivity index (χ0n) is 11.5. The molecule has 0 aliphatic carbocycles. The number of rotatable bonds is 3. The van der Waals surface area contributed by atoms with Gasteiger partial charge in [0.1, 0.15) is 17.4 Å². The van der Waals surface area contributed by atoms with Gasteiger partial charge in [-0.2, -0.15) is 9.97 Å². The second-order valence-electron chi connectivity index (χ2n) is 4.51. The van der Waals surface area contributed by atoms with Crippen LogP contribution in [0, 0.1) is 5.82 Å². The highest BCUT2D eigenvalue weighted by atomic mass is 35.5. The SMILES string of the molecule is COc1nc(Nc2ccc(Cl)cc2F)c2ccc(O)cc2n1. The van der Waals surface area contributed by atoms with Crippen molar-refractivity contribution >= 4 is 34.0 Å². The molecule has 0 saturated carbocycles. The Balaban J connectivity index is 2.12. The Kier molecular flexibility index (Phi) is 3.68. The minimum atomic E-state index is -0.503. The van der Waals surface area contributed by atoms with Gasteiger partial charge in [-0.1, -0.05) is 11.6 Å². The Hall–Kier alpha value is -2.60. The van der Waals surface area contributed by atoms with Gasteiger partial charge < -0.3 is 15.2 Å². The van der Waals surface area contributed by atoms with Crippen molar-refractivity contribution in [3.05, 3.63) is 47.2 Å². The predicted molar refractivity (Wildman–Crippen MR) is 82.4 cm³/mol. The molecule has 2 aromatic carbocycles. The molecule has 1 aromatic heterocycles. The quantitative estimate of drug-likeness (QED) is 0.767. The number of benzene rings is 2. The maximum absolute atomic E-state index is 13.9. The Morgan fingerprint density at radius 1 is 1.18 bits per heavy atom. The molecule has 5 nitrogen and oxygen atoms in total. The first kappa shape index (κ1) is 14.3. The number of phenolic OH excluding ortho intramolecular Hbond substituents is 1. The molecule has 7 heteroatoms. The molecule has 3 aromatic rings. The third-order valence-electron chi connectivity index (χ3n) is 3.03. The molecule has 0 fully saturated rings. The fraction of sp³-hybridized carbons (Fsp3) is 0.0667. The third kappa shape index (κ3) is 2.73. The summed E-state index contributed by atoms with van der Waals surface area (Å²) in [5.41, 5.74) is 0.697. The minimum absolute atomic E-state index is 0.0666. The molecule has 0 spiro atoms. The molecule has 112 valence electrons. The molecule has 1 heterocycles. The van der Waals surface area contributed by atoms with Crippen LogP contribution in [0.2, 0.25) is 5.02 Å². The van der Waals surface area contributed by atoms with Crippen molar-refractivity contribution in [3.63, 3.8) is 0 Å². The summed E-state index contributed by atoms with van der Waals surface area (Å²) in [5, 5.41) is 13.4. The van der Waals surface area contributed by atoms with E-state index in [1.54, 1.807) is 12.1 Å². The number of ether oxygens (including phenoxy) is 1. The Morgan fingerprint density at radius 3 is 2.73 bits per heavy atom. The molecule has 0 amide bonds. The molecule has 0 saturated heterocycles. The minimum Gasteiger partial charge on any atom is -0.508 e. The summed E-state index contributed by atoms with van der Waals surface area (Å²) in [7, 11) is 1.43. The van der Waals surface area contributed by atoms with Crippen LogP contribution < -0.4 is 10.1 Å². The number of halogens is 2. The molecule has 22 heavy (non-hydrogen) atoms. The second-order valence-corrected chi connectivity index (χ2v) is 4.95. The fourth-order valence-electron chi connectivity index (χ4n) is 2.00.